The minimum absolute atomic E-state index is 0.0827. The quantitative estimate of drug-likeness (QED) is 0.802. The van der Waals surface area contributed by atoms with E-state index in [2.05, 4.69) is 15.3 Å². The molecule has 6 heteroatoms. The summed E-state index contributed by atoms with van der Waals surface area (Å²) in [6.07, 6.45) is 4.43. The average Bonchev–Trinajstić information content (AvgIpc) is 3.16. The molecule has 0 bridgehead atoms. The lowest BCUT2D eigenvalue weighted by atomic mass is 10.1. The highest BCUT2D eigenvalue weighted by atomic mass is 19.1. The molecule has 1 fully saturated rings. The maximum atomic E-state index is 13.7. The van der Waals surface area contributed by atoms with Crippen LogP contribution in [0.5, 0.6) is 0 Å². The first-order chi connectivity index (χ1) is 11.6. The molecule has 1 N–H and O–H groups in total. The Hall–Kier alpha value is -2.47. The summed E-state index contributed by atoms with van der Waals surface area (Å²) in [5, 5.41) is 4.32. The number of aromatic nitrogens is 3. The van der Waals surface area contributed by atoms with Crippen molar-refractivity contribution in [2.45, 2.75) is 25.5 Å². The number of halogens is 1. The van der Waals surface area contributed by atoms with Gasteiger partial charge in [-0.15, -0.1) is 0 Å². The molecule has 1 saturated heterocycles. The Morgan fingerprint density at radius 2 is 2.21 bits per heavy atom. The number of rotatable bonds is 3. The first kappa shape index (κ1) is 15.1. The third kappa shape index (κ3) is 2.63. The number of nitrogens with zero attached hydrogens (tertiary/aromatic N) is 3. The second kappa shape index (κ2) is 5.87. The van der Waals surface area contributed by atoms with Crippen molar-refractivity contribution < 1.29 is 9.13 Å². The van der Waals surface area contributed by atoms with Gasteiger partial charge in [0, 0.05) is 42.8 Å². The summed E-state index contributed by atoms with van der Waals surface area (Å²) in [4.78, 5) is 8.89. The minimum Gasteiger partial charge on any atom is -0.379 e. The smallest absolute Gasteiger partial charge is 0.139 e. The molecule has 3 aromatic rings. The number of aryl methyl sites for hydroxylation is 2. The molecule has 0 amide bonds. The first-order valence-corrected chi connectivity index (χ1v) is 8.04. The summed E-state index contributed by atoms with van der Waals surface area (Å²) >= 11 is 0. The molecule has 2 aromatic heterocycles. The SMILES string of the molecule is Cc1cc(N[C@H]2CCO[C@@H]2c2nccn2C)c2cc(F)ccc2n1. The van der Waals surface area contributed by atoms with Gasteiger partial charge in [-0.1, -0.05) is 0 Å². The van der Waals surface area contributed by atoms with Crippen LogP contribution in [-0.4, -0.2) is 27.2 Å². The lowest BCUT2D eigenvalue weighted by Crippen LogP contribution is -2.25. The molecule has 124 valence electrons. The molecule has 4 rings (SSSR count). The fourth-order valence-electron chi connectivity index (χ4n) is 3.29. The van der Waals surface area contributed by atoms with Crippen molar-refractivity contribution in [3.8, 4) is 0 Å². The molecule has 1 aromatic carbocycles. The highest BCUT2D eigenvalue weighted by molar-refractivity contribution is 5.91. The molecule has 0 unspecified atom stereocenters. The number of hydrogen-bond donors (Lipinski definition) is 1. The van der Waals surface area contributed by atoms with Crippen LogP contribution in [-0.2, 0) is 11.8 Å². The molecule has 0 saturated carbocycles. The van der Waals surface area contributed by atoms with Gasteiger partial charge in [-0.3, -0.25) is 4.98 Å². The van der Waals surface area contributed by atoms with Crippen LogP contribution in [0.1, 0.15) is 24.0 Å². The Balaban J connectivity index is 1.71. The Labute approximate surface area is 139 Å². The van der Waals surface area contributed by atoms with Crippen molar-refractivity contribution in [2.75, 3.05) is 11.9 Å². The second-order valence-corrected chi connectivity index (χ2v) is 6.20. The van der Waals surface area contributed by atoms with Gasteiger partial charge < -0.3 is 14.6 Å². The van der Waals surface area contributed by atoms with Gasteiger partial charge in [-0.2, -0.15) is 0 Å². The molecular weight excluding hydrogens is 307 g/mol. The largest absolute Gasteiger partial charge is 0.379 e. The summed E-state index contributed by atoms with van der Waals surface area (Å²) < 4.78 is 21.6. The molecule has 1 aliphatic heterocycles. The number of nitrogens with one attached hydrogen (secondary N) is 1. The summed E-state index contributed by atoms with van der Waals surface area (Å²) in [7, 11) is 1.96. The maximum Gasteiger partial charge on any atom is 0.139 e. The number of fused-ring (bicyclic) bond motifs is 1. The van der Waals surface area contributed by atoms with Crippen molar-refractivity contribution >= 4 is 16.6 Å². The highest BCUT2D eigenvalue weighted by Gasteiger charge is 2.32. The van der Waals surface area contributed by atoms with Crippen LogP contribution >= 0.6 is 0 Å². The zero-order valence-corrected chi connectivity index (χ0v) is 13.7. The van der Waals surface area contributed by atoms with Crippen molar-refractivity contribution in [3.63, 3.8) is 0 Å². The van der Waals surface area contributed by atoms with E-state index in [1.54, 1.807) is 12.3 Å². The van der Waals surface area contributed by atoms with E-state index >= 15 is 0 Å². The van der Waals surface area contributed by atoms with Gasteiger partial charge in [-0.25, -0.2) is 9.37 Å². The van der Waals surface area contributed by atoms with E-state index in [4.69, 9.17) is 4.74 Å². The zero-order chi connectivity index (χ0) is 16.7. The van der Waals surface area contributed by atoms with E-state index in [0.717, 1.165) is 34.5 Å². The van der Waals surface area contributed by atoms with Crippen LogP contribution in [0, 0.1) is 12.7 Å². The van der Waals surface area contributed by atoms with Gasteiger partial charge in [0.25, 0.3) is 0 Å². The molecular formula is C18H19FN4O. The molecule has 1 aliphatic rings. The normalized spacial score (nSPS) is 20.6. The fraction of sp³-hybridized carbons (Fsp3) is 0.333. The lowest BCUT2D eigenvalue weighted by molar-refractivity contribution is 0.0984. The van der Waals surface area contributed by atoms with Crippen molar-refractivity contribution in [1.82, 2.24) is 14.5 Å². The maximum absolute atomic E-state index is 13.7. The molecule has 0 radical (unpaired) electrons. The van der Waals surface area contributed by atoms with Crippen molar-refractivity contribution in [3.05, 3.63) is 54.0 Å². The molecule has 24 heavy (non-hydrogen) atoms. The van der Waals surface area contributed by atoms with Gasteiger partial charge in [0.05, 0.1) is 11.6 Å². The van der Waals surface area contributed by atoms with E-state index in [9.17, 15) is 4.39 Å². The van der Waals surface area contributed by atoms with Crippen molar-refractivity contribution in [2.24, 2.45) is 7.05 Å². The van der Waals surface area contributed by atoms with Crippen LogP contribution < -0.4 is 5.32 Å². The predicted molar refractivity (Wildman–Crippen MR) is 90.4 cm³/mol. The first-order valence-electron chi connectivity index (χ1n) is 8.04. The van der Waals surface area contributed by atoms with Crippen molar-refractivity contribution in [1.29, 1.82) is 0 Å². The van der Waals surface area contributed by atoms with Crippen LogP contribution in [0.15, 0.2) is 36.7 Å². The molecule has 3 heterocycles. The summed E-state index contributed by atoms with van der Waals surface area (Å²) in [6, 6.07) is 6.71. The van der Waals surface area contributed by atoms with E-state index in [1.165, 1.54) is 12.1 Å². The van der Waals surface area contributed by atoms with Gasteiger partial charge in [0.2, 0.25) is 0 Å². The standard InChI is InChI=1S/C18H19FN4O/c1-11-9-16(13-10-12(19)3-4-14(13)21-11)22-15-5-8-24-17(15)18-20-6-7-23(18)2/h3-4,6-7,9-10,15,17H,5,8H2,1-2H3,(H,21,22)/t15-,17-/m0/s1. The molecule has 2 atom stereocenters. The van der Waals surface area contributed by atoms with E-state index < -0.39 is 0 Å². The fourth-order valence-corrected chi connectivity index (χ4v) is 3.29. The minimum atomic E-state index is -0.264. The van der Waals surface area contributed by atoms with Crippen LogP contribution in [0.4, 0.5) is 10.1 Å². The van der Waals surface area contributed by atoms with Gasteiger partial charge >= 0.3 is 0 Å². The lowest BCUT2D eigenvalue weighted by Gasteiger charge is -2.22. The molecule has 5 nitrogen and oxygen atoms in total. The summed E-state index contributed by atoms with van der Waals surface area (Å²) in [5.74, 6) is 0.630. The Morgan fingerprint density at radius 1 is 1.33 bits per heavy atom. The third-order valence-corrected chi connectivity index (χ3v) is 4.44. The third-order valence-electron chi connectivity index (χ3n) is 4.44. The molecule has 0 aliphatic carbocycles. The highest BCUT2D eigenvalue weighted by Crippen LogP contribution is 2.33. The predicted octanol–water partition coefficient (Wildman–Crippen LogP) is 3.36. The number of benzene rings is 1. The van der Waals surface area contributed by atoms with Gasteiger partial charge in [0.15, 0.2) is 0 Å². The summed E-state index contributed by atoms with van der Waals surface area (Å²) in [6.45, 7) is 2.61. The number of hydrogen-bond acceptors (Lipinski definition) is 4. The zero-order valence-electron chi connectivity index (χ0n) is 13.7. The van der Waals surface area contributed by atoms with E-state index in [1.807, 2.05) is 30.8 Å². The van der Waals surface area contributed by atoms with Crippen LogP contribution in [0.3, 0.4) is 0 Å². The number of anilines is 1. The summed E-state index contributed by atoms with van der Waals surface area (Å²) in [5.41, 5.74) is 2.56. The Kier molecular flexibility index (Phi) is 3.69. The van der Waals surface area contributed by atoms with Crippen LogP contribution in [0.25, 0.3) is 10.9 Å². The Morgan fingerprint density at radius 3 is 3.00 bits per heavy atom. The van der Waals surface area contributed by atoms with Gasteiger partial charge in [0.1, 0.15) is 17.7 Å². The van der Waals surface area contributed by atoms with E-state index in [0.29, 0.717) is 6.61 Å². The number of imidazole rings is 1. The molecule has 0 spiro atoms. The Bertz CT molecular complexity index is 892. The van der Waals surface area contributed by atoms with Gasteiger partial charge in [-0.05, 0) is 37.6 Å². The second-order valence-electron chi connectivity index (χ2n) is 6.20. The van der Waals surface area contributed by atoms with E-state index in [-0.39, 0.29) is 18.0 Å². The topological polar surface area (TPSA) is 52.0 Å². The average molecular weight is 326 g/mol. The monoisotopic (exact) mass is 326 g/mol. The van der Waals surface area contributed by atoms with Crippen LogP contribution in [0.2, 0.25) is 0 Å². The number of ether oxygens (including phenoxy) is 1. The number of pyridine rings is 1.